The first-order valence-electron chi connectivity index (χ1n) is 10.2. The SMILES string of the molecule is COc1ccc(OC)c2sc(N(CCN(C)C)C(=O)c3ccc(C(C)(C)C)cc3)nc12.Cl. The van der Waals surface area contributed by atoms with E-state index < -0.39 is 0 Å². The van der Waals surface area contributed by atoms with E-state index in [2.05, 4.69) is 25.7 Å². The van der Waals surface area contributed by atoms with E-state index >= 15 is 0 Å². The largest absolute Gasteiger partial charge is 0.495 e. The van der Waals surface area contributed by atoms with E-state index in [0.29, 0.717) is 34.3 Å². The van der Waals surface area contributed by atoms with E-state index in [1.54, 1.807) is 19.1 Å². The molecule has 0 N–H and O–H groups in total. The molecule has 3 rings (SSSR count). The highest BCUT2D eigenvalue weighted by Gasteiger charge is 2.24. The number of fused-ring (bicyclic) bond motifs is 1. The molecular weight excluding hydrogens is 446 g/mol. The van der Waals surface area contributed by atoms with Crippen molar-refractivity contribution in [2.45, 2.75) is 26.2 Å². The number of halogens is 1. The van der Waals surface area contributed by atoms with Crippen LogP contribution < -0.4 is 14.4 Å². The molecule has 32 heavy (non-hydrogen) atoms. The highest BCUT2D eigenvalue weighted by Crippen LogP contribution is 2.40. The number of carbonyl (C=O) groups excluding carboxylic acids is 1. The van der Waals surface area contributed by atoms with Gasteiger partial charge in [-0.05, 0) is 49.3 Å². The number of nitrogens with zero attached hydrogens (tertiary/aromatic N) is 3. The van der Waals surface area contributed by atoms with Crippen LogP contribution >= 0.6 is 23.7 Å². The van der Waals surface area contributed by atoms with Gasteiger partial charge in [-0.25, -0.2) is 4.98 Å². The lowest BCUT2D eigenvalue weighted by atomic mass is 9.86. The summed E-state index contributed by atoms with van der Waals surface area (Å²) in [4.78, 5) is 22.1. The summed E-state index contributed by atoms with van der Waals surface area (Å²) >= 11 is 1.44. The number of likely N-dealkylation sites (N-methyl/N-ethyl adjacent to an activating group) is 1. The van der Waals surface area contributed by atoms with Gasteiger partial charge in [0.1, 0.15) is 21.7 Å². The molecule has 6 nitrogen and oxygen atoms in total. The average molecular weight is 478 g/mol. The molecule has 0 bridgehead atoms. The molecule has 2 aromatic carbocycles. The van der Waals surface area contributed by atoms with Crippen molar-refractivity contribution in [1.29, 1.82) is 0 Å². The van der Waals surface area contributed by atoms with E-state index in [-0.39, 0.29) is 23.7 Å². The van der Waals surface area contributed by atoms with Crippen LogP contribution in [0.4, 0.5) is 5.13 Å². The van der Waals surface area contributed by atoms with Gasteiger partial charge in [0.05, 0.1) is 14.2 Å². The Kier molecular flexibility index (Phi) is 8.51. The highest BCUT2D eigenvalue weighted by molar-refractivity contribution is 7.22. The molecule has 0 unspecified atom stereocenters. The van der Waals surface area contributed by atoms with Gasteiger partial charge in [-0.15, -0.1) is 12.4 Å². The van der Waals surface area contributed by atoms with Gasteiger partial charge < -0.3 is 14.4 Å². The van der Waals surface area contributed by atoms with Crippen molar-refractivity contribution in [3.63, 3.8) is 0 Å². The third-order valence-corrected chi connectivity index (χ3v) is 6.24. The van der Waals surface area contributed by atoms with Gasteiger partial charge in [-0.3, -0.25) is 9.69 Å². The molecule has 0 aliphatic rings. The first-order valence-corrected chi connectivity index (χ1v) is 11.1. The monoisotopic (exact) mass is 477 g/mol. The Morgan fingerprint density at radius 2 is 1.56 bits per heavy atom. The normalized spacial score (nSPS) is 11.4. The summed E-state index contributed by atoms with van der Waals surface area (Å²) in [6.45, 7) is 7.73. The smallest absolute Gasteiger partial charge is 0.260 e. The average Bonchev–Trinajstić information content (AvgIpc) is 3.17. The van der Waals surface area contributed by atoms with Gasteiger partial charge in [0.25, 0.3) is 5.91 Å². The summed E-state index contributed by atoms with van der Waals surface area (Å²) in [5, 5.41) is 0.629. The Bertz CT molecular complexity index is 1020. The number of methoxy groups -OCH3 is 2. The van der Waals surface area contributed by atoms with Crippen LogP contribution in [-0.2, 0) is 5.41 Å². The van der Waals surface area contributed by atoms with E-state index in [9.17, 15) is 4.79 Å². The van der Waals surface area contributed by atoms with Crippen LogP contribution in [0, 0.1) is 0 Å². The van der Waals surface area contributed by atoms with Crippen molar-refractivity contribution < 1.29 is 14.3 Å². The standard InChI is InChI=1S/C24H31N3O3S.ClH/c1-24(2,3)17-10-8-16(9-11-17)22(28)27(15-14-26(4)5)23-25-20-18(29-6)12-13-19(30-7)21(20)31-23;/h8-13H,14-15H2,1-7H3;1H. The summed E-state index contributed by atoms with van der Waals surface area (Å²) in [6.07, 6.45) is 0. The van der Waals surface area contributed by atoms with Gasteiger partial charge in [0.2, 0.25) is 0 Å². The number of hydrogen-bond donors (Lipinski definition) is 0. The Labute approximate surface area is 200 Å². The molecule has 8 heteroatoms. The molecule has 0 atom stereocenters. The molecule has 0 aliphatic carbocycles. The summed E-state index contributed by atoms with van der Waals surface area (Å²) in [5.74, 6) is 1.31. The van der Waals surface area contributed by atoms with Crippen molar-refractivity contribution in [1.82, 2.24) is 9.88 Å². The van der Waals surface area contributed by atoms with Crippen LogP contribution in [0.3, 0.4) is 0 Å². The molecule has 1 heterocycles. The van der Waals surface area contributed by atoms with Crippen LogP contribution in [0.15, 0.2) is 36.4 Å². The van der Waals surface area contributed by atoms with Crippen LogP contribution in [0.2, 0.25) is 0 Å². The maximum Gasteiger partial charge on any atom is 0.260 e. The Hall–Kier alpha value is -2.35. The number of thiazole rings is 1. The number of aromatic nitrogens is 1. The molecule has 0 saturated heterocycles. The number of rotatable bonds is 7. The zero-order chi connectivity index (χ0) is 22.8. The second-order valence-electron chi connectivity index (χ2n) is 8.73. The second kappa shape index (κ2) is 10.5. The van der Waals surface area contributed by atoms with Crippen LogP contribution in [0.25, 0.3) is 10.2 Å². The van der Waals surface area contributed by atoms with E-state index in [1.807, 2.05) is 50.5 Å². The van der Waals surface area contributed by atoms with Crippen molar-refractivity contribution in [3.8, 4) is 11.5 Å². The van der Waals surface area contributed by atoms with Gasteiger partial charge >= 0.3 is 0 Å². The molecule has 174 valence electrons. The number of amides is 1. The lowest BCUT2D eigenvalue weighted by Crippen LogP contribution is -2.36. The van der Waals surface area contributed by atoms with Gasteiger partial charge in [0.15, 0.2) is 5.13 Å². The lowest BCUT2D eigenvalue weighted by Gasteiger charge is -2.23. The molecule has 0 saturated carbocycles. The fourth-order valence-corrected chi connectivity index (χ4v) is 4.34. The number of benzene rings is 2. The Morgan fingerprint density at radius 1 is 0.969 bits per heavy atom. The molecule has 3 aromatic rings. The zero-order valence-corrected chi connectivity index (χ0v) is 21.4. The van der Waals surface area contributed by atoms with Crippen molar-refractivity contribution in [2.75, 3.05) is 46.3 Å². The molecule has 0 fully saturated rings. The minimum Gasteiger partial charge on any atom is -0.495 e. The molecule has 1 amide bonds. The number of ether oxygens (including phenoxy) is 2. The van der Waals surface area contributed by atoms with Crippen molar-refractivity contribution in [2.24, 2.45) is 0 Å². The maximum absolute atomic E-state index is 13.5. The summed E-state index contributed by atoms with van der Waals surface area (Å²) in [7, 11) is 7.23. The highest BCUT2D eigenvalue weighted by atomic mass is 35.5. The van der Waals surface area contributed by atoms with Gasteiger partial charge in [0, 0.05) is 18.7 Å². The second-order valence-corrected chi connectivity index (χ2v) is 9.71. The van der Waals surface area contributed by atoms with E-state index in [4.69, 9.17) is 14.5 Å². The van der Waals surface area contributed by atoms with Crippen LogP contribution in [0.1, 0.15) is 36.7 Å². The predicted octanol–water partition coefficient (Wildman–Crippen LogP) is 5.24. The minimum absolute atomic E-state index is 0. The van der Waals surface area contributed by atoms with E-state index in [1.165, 1.54) is 16.9 Å². The van der Waals surface area contributed by atoms with Gasteiger partial charge in [-0.2, -0.15) is 0 Å². The fourth-order valence-electron chi connectivity index (χ4n) is 3.24. The first kappa shape index (κ1) is 25.9. The predicted molar refractivity (Wildman–Crippen MR) is 135 cm³/mol. The summed E-state index contributed by atoms with van der Waals surface area (Å²) < 4.78 is 11.9. The first-order chi connectivity index (χ1) is 14.7. The molecule has 0 spiro atoms. The molecule has 1 aromatic heterocycles. The fraction of sp³-hybridized carbons (Fsp3) is 0.417. The summed E-state index contributed by atoms with van der Waals surface area (Å²) in [6, 6.07) is 11.6. The lowest BCUT2D eigenvalue weighted by molar-refractivity contribution is 0.0985. The number of anilines is 1. The molecular formula is C24H32ClN3O3S. The van der Waals surface area contributed by atoms with Crippen LogP contribution in [-0.4, -0.2) is 57.2 Å². The number of hydrogen-bond acceptors (Lipinski definition) is 6. The summed E-state index contributed by atoms with van der Waals surface area (Å²) in [5.41, 5.74) is 2.57. The third kappa shape index (κ3) is 5.52. The maximum atomic E-state index is 13.5. The Balaban J connectivity index is 0.00000363. The van der Waals surface area contributed by atoms with E-state index in [0.717, 1.165) is 11.2 Å². The topological polar surface area (TPSA) is 54.9 Å². The third-order valence-electron chi connectivity index (χ3n) is 5.14. The van der Waals surface area contributed by atoms with Crippen molar-refractivity contribution >= 4 is 45.0 Å². The van der Waals surface area contributed by atoms with Gasteiger partial charge in [-0.1, -0.05) is 44.2 Å². The molecule has 0 aliphatic heterocycles. The molecule has 0 radical (unpaired) electrons. The Morgan fingerprint density at radius 3 is 2.09 bits per heavy atom. The minimum atomic E-state index is -0.0701. The zero-order valence-electron chi connectivity index (χ0n) is 19.8. The number of carbonyl (C=O) groups is 1. The van der Waals surface area contributed by atoms with Crippen molar-refractivity contribution in [3.05, 3.63) is 47.5 Å². The van der Waals surface area contributed by atoms with Crippen LogP contribution in [0.5, 0.6) is 11.5 Å². The quantitative estimate of drug-likeness (QED) is 0.465.